The van der Waals surface area contributed by atoms with Gasteiger partial charge in [-0.1, -0.05) is 18.2 Å². The highest BCUT2D eigenvalue weighted by molar-refractivity contribution is 5.74. The van der Waals surface area contributed by atoms with Gasteiger partial charge in [0.25, 0.3) is 0 Å². The van der Waals surface area contributed by atoms with Crippen LogP contribution in [0.3, 0.4) is 0 Å². The molecule has 0 radical (unpaired) electrons. The SMILES string of the molecule is COc1ccc(CCNC(=O)NC(C)CCc2ccc(O)cc2)cc1OC. The Morgan fingerprint density at radius 3 is 2.33 bits per heavy atom. The standard InChI is InChI=1S/C21H28N2O4/c1-15(4-5-16-6-9-18(24)10-7-16)23-21(25)22-13-12-17-8-11-19(26-2)20(14-17)27-3/h6-11,14-15,24H,4-5,12-13H2,1-3H3,(H2,22,23,25). The third-order valence-electron chi connectivity index (χ3n) is 4.33. The van der Waals surface area contributed by atoms with Gasteiger partial charge in [0, 0.05) is 12.6 Å². The number of hydrogen-bond donors (Lipinski definition) is 3. The van der Waals surface area contributed by atoms with E-state index in [2.05, 4.69) is 10.6 Å². The van der Waals surface area contributed by atoms with E-state index in [0.29, 0.717) is 24.5 Å². The summed E-state index contributed by atoms with van der Waals surface area (Å²) >= 11 is 0. The Hall–Kier alpha value is -2.89. The third kappa shape index (κ3) is 6.73. The van der Waals surface area contributed by atoms with Gasteiger partial charge in [-0.15, -0.1) is 0 Å². The molecule has 2 amide bonds. The van der Waals surface area contributed by atoms with E-state index in [1.807, 2.05) is 37.3 Å². The number of aryl methyl sites for hydroxylation is 1. The van der Waals surface area contributed by atoms with Crippen LogP contribution in [-0.4, -0.2) is 37.9 Å². The van der Waals surface area contributed by atoms with Crippen molar-refractivity contribution in [1.82, 2.24) is 10.6 Å². The average Bonchev–Trinajstić information content (AvgIpc) is 2.67. The van der Waals surface area contributed by atoms with Crippen molar-refractivity contribution in [2.75, 3.05) is 20.8 Å². The summed E-state index contributed by atoms with van der Waals surface area (Å²) in [5, 5.41) is 15.1. The number of urea groups is 1. The summed E-state index contributed by atoms with van der Waals surface area (Å²) in [4.78, 5) is 12.0. The van der Waals surface area contributed by atoms with E-state index in [4.69, 9.17) is 9.47 Å². The van der Waals surface area contributed by atoms with Gasteiger partial charge in [0.15, 0.2) is 11.5 Å². The largest absolute Gasteiger partial charge is 0.508 e. The van der Waals surface area contributed by atoms with Gasteiger partial charge in [0.2, 0.25) is 0 Å². The zero-order valence-electron chi connectivity index (χ0n) is 16.1. The lowest BCUT2D eigenvalue weighted by Crippen LogP contribution is -2.41. The Labute approximate surface area is 160 Å². The Bertz CT molecular complexity index is 731. The summed E-state index contributed by atoms with van der Waals surface area (Å²) in [6, 6.07) is 12.8. The number of amides is 2. The number of phenolic OH excluding ortho intramolecular Hbond substituents is 1. The number of hydrogen-bond acceptors (Lipinski definition) is 4. The number of methoxy groups -OCH3 is 2. The fourth-order valence-corrected chi connectivity index (χ4v) is 2.75. The van der Waals surface area contributed by atoms with Crippen LogP contribution in [0.2, 0.25) is 0 Å². The van der Waals surface area contributed by atoms with Gasteiger partial charge in [-0.2, -0.15) is 0 Å². The minimum atomic E-state index is -0.173. The van der Waals surface area contributed by atoms with E-state index in [9.17, 15) is 9.90 Å². The van der Waals surface area contributed by atoms with Crippen LogP contribution in [0.15, 0.2) is 42.5 Å². The molecule has 0 heterocycles. The zero-order valence-corrected chi connectivity index (χ0v) is 16.1. The summed E-state index contributed by atoms with van der Waals surface area (Å²) < 4.78 is 10.5. The topological polar surface area (TPSA) is 79.8 Å². The van der Waals surface area contributed by atoms with E-state index in [-0.39, 0.29) is 17.8 Å². The fraction of sp³-hybridized carbons (Fsp3) is 0.381. The van der Waals surface area contributed by atoms with Gasteiger partial charge in [0.05, 0.1) is 14.2 Å². The number of aromatic hydroxyl groups is 1. The fourth-order valence-electron chi connectivity index (χ4n) is 2.75. The third-order valence-corrected chi connectivity index (χ3v) is 4.33. The molecular weight excluding hydrogens is 344 g/mol. The molecule has 6 nitrogen and oxygen atoms in total. The molecule has 2 rings (SSSR count). The quantitative estimate of drug-likeness (QED) is 0.631. The summed E-state index contributed by atoms with van der Waals surface area (Å²) in [6.07, 6.45) is 2.37. The molecule has 146 valence electrons. The lowest BCUT2D eigenvalue weighted by molar-refractivity contribution is 0.237. The van der Waals surface area contributed by atoms with Gasteiger partial charge in [0.1, 0.15) is 5.75 Å². The Morgan fingerprint density at radius 1 is 1.00 bits per heavy atom. The first kappa shape index (κ1) is 20.4. The van der Waals surface area contributed by atoms with E-state index in [0.717, 1.165) is 24.0 Å². The van der Waals surface area contributed by atoms with Crippen LogP contribution in [0.4, 0.5) is 4.79 Å². The van der Waals surface area contributed by atoms with Crippen molar-refractivity contribution < 1.29 is 19.4 Å². The molecule has 0 aliphatic rings. The molecule has 0 spiro atoms. The van der Waals surface area contributed by atoms with Crippen LogP contribution in [-0.2, 0) is 12.8 Å². The van der Waals surface area contributed by atoms with Gasteiger partial charge >= 0.3 is 6.03 Å². The smallest absolute Gasteiger partial charge is 0.315 e. The Kier molecular flexibility index (Phi) is 7.79. The number of phenols is 1. The lowest BCUT2D eigenvalue weighted by Gasteiger charge is -2.15. The molecule has 2 aromatic rings. The predicted molar refractivity (Wildman–Crippen MR) is 106 cm³/mol. The van der Waals surface area contributed by atoms with E-state index in [1.54, 1.807) is 26.4 Å². The summed E-state index contributed by atoms with van der Waals surface area (Å²) in [6.45, 7) is 2.51. The first-order valence-corrected chi connectivity index (χ1v) is 9.05. The molecule has 0 fully saturated rings. The first-order chi connectivity index (χ1) is 13.0. The molecule has 1 atom stereocenters. The number of carbonyl (C=O) groups excluding carboxylic acids is 1. The maximum atomic E-state index is 12.0. The number of rotatable bonds is 9. The van der Waals surface area contributed by atoms with Crippen molar-refractivity contribution in [3.63, 3.8) is 0 Å². The molecule has 2 aromatic carbocycles. The molecule has 0 aromatic heterocycles. The normalized spacial score (nSPS) is 11.5. The van der Waals surface area contributed by atoms with Crippen LogP contribution in [0, 0.1) is 0 Å². The van der Waals surface area contributed by atoms with Crippen molar-refractivity contribution in [3.05, 3.63) is 53.6 Å². The molecular formula is C21H28N2O4. The minimum Gasteiger partial charge on any atom is -0.508 e. The molecule has 0 aliphatic carbocycles. The number of nitrogens with one attached hydrogen (secondary N) is 2. The maximum Gasteiger partial charge on any atom is 0.315 e. The minimum absolute atomic E-state index is 0.0554. The molecule has 3 N–H and O–H groups in total. The van der Waals surface area contributed by atoms with E-state index < -0.39 is 0 Å². The Balaban J connectivity index is 1.70. The predicted octanol–water partition coefficient (Wildman–Crippen LogP) is 3.27. The second-order valence-electron chi connectivity index (χ2n) is 6.45. The molecule has 27 heavy (non-hydrogen) atoms. The summed E-state index contributed by atoms with van der Waals surface area (Å²) in [5.74, 6) is 1.63. The first-order valence-electron chi connectivity index (χ1n) is 9.05. The highest BCUT2D eigenvalue weighted by Crippen LogP contribution is 2.27. The maximum absolute atomic E-state index is 12.0. The van der Waals surface area contributed by atoms with Crippen LogP contribution in [0.25, 0.3) is 0 Å². The van der Waals surface area contributed by atoms with Crippen molar-refractivity contribution >= 4 is 6.03 Å². The summed E-state index contributed by atoms with van der Waals surface area (Å²) in [7, 11) is 3.21. The molecule has 6 heteroatoms. The van der Waals surface area contributed by atoms with Gasteiger partial charge < -0.3 is 25.2 Å². The van der Waals surface area contributed by atoms with Gasteiger partial charge in [-0.05, 0) is 61.6 Å². The monoisotopic (exact) mass is 372 g/mol. The number of carbonyl (C=O) groups is 1. The number of ether oxygens (including phenoxy) is 2. The van der Waals surface area contributed by atoms with Crippen LogP contribution < -0.4 is 20.1 Å². The van der Waals surface area contributed by atoms with Crippen LogP contribution in [0.5, 0.6) is 17.2 Å². The molecule has 0 aliphatic heterocycles. The zero-order chi connectivity index (χ0) is 19.6. The molecule has 0 bridgehead atoms. The van der Waals surface area contributed by atoms with Gasteiger partial charge in [-0.3, -0.25) is 0 Å². The van der Waals surface area contributed by atoms with Crippen molar-refractivity contribution in [3.8, 4) is 17.2 Å². The second-order valence-corrected chi connectivity index (χ2v) is 6.45. The molecule has 1 unspecified atom stereocenters. The highest BCUT2D eigenvalue weighted by Gasteiger charge is 2.08. The average molecular weight is 372 g/mol. The van der Waals surface area contributed by atoms with E-state index >= 15 is 0 Å². The second kappa shape index (κ2) is 10.3. The molecule has 0 saturated carbocycles. The van der Waals surface area contributed by atoms with Gasteiger partial charge in [-0.25, -0.2) is 4.79 Å². The van der Waals surface area contributed by atoms with Crippen molar-refractivity contribution in [2.24, 2.45) is 0 Å². The Morgan fingerprint density at radius 2 is 1.67 bits per heavy atom. The summed E-state index contributed by atoms with van der Waals surface area (Å²) in [5.41, 5.74) is 2.20. The highest BCUT2D eigenvalue weighted by atomic mass is 16.5. The molecule has 0 saturated heterocycles. The lowest BCUT2D eigenvalue weighted by atomic mass is 10.1. The van der Waals surface area contributed by atoms with Crippen molar-refractivity contribution in [2.45, 2.75) is 32.2 Å². The van der Waals surface area contributed by atoms with Crippen LogP contribution in [0.1, 0.15) is 24.5 Å². The van der Waals surface area contributed by atoms with E-state index in [1.165, 1.54) is 0 Å². The van der Waals surface area contributed by atoms with Crippen LogP contribution >= 0.6 is 0 Å². The van der Waals surface area contributed by atoms with Crippen molar-refractivity contribution in [1.29, 1.82) is 0 Å². The number of benzene rings is 2.